The van der Waals surface area contributed by atoms with E-state index in [0.29, 0.717) is 17.8 Å². The molecule has 0 saturated heterocycles. The van der Waals surface area contributed by atoms with Gasteiger partial charge < -0.3 is 10.6 Å². The smallest absolute Gasteiger partial charge is 0.255 e. The summed E-state index contributed by atoms with van der Waals surface area (Å²) in [6.45, 7) is 2.61. The average Bonchev–Trinajstić information content (AvgIpc) is 2.62. The summed E-state index contributed by atoms with van der Waals surface area (Å²) in [6, 6.07) is 15.0. The third-order valence-electron chi connectivity index (χ3n) is 3.50. The maximum absolute atomic E-state index is 12.2. The van der Waals surface area contributed by atoms with Gasteiger partial charge in [0.15, 0.2) is 0 Å². The Labute approximate surface area is 140 Å². The maximum Gasteiger partial charge on any atom is 0.255 e. The summed E-state index contributed by atoms with van der Waals surface area (Å²) in [4.78, 5) is 20.6. The lowest BCUT2D eigenvalue weighted by molar-refractivity contribution is 0.102. The largest absolute Gasteiger partial charge is 0.366 e. The summed E-state index contributed by atoms with van der Waals surface area (Å²) in [5, 5.41) is 6.06. The van der Waals surface area contributed by atoms with Crippen molar-refractivity contribution in [3.05, 3.63) is 83.8 Å². The zero-order valence-electron chi connectivity index (χ0n) is 13.4. The lowest BCUT2D eigenvalue weighted by Gasteiger charge is -2.08. The molecular formula is C19H18N4O. The molecule has 1 aromatic carbocycles. The zero-order valence-corrected chi connectivity index (χ0v) is 13.4. The van der Waals surface area contributed by atoms with Crippen molar-refractivity contribution in [1.29, 1.82) is 0 Å². The summed E-state index contributed by atoms with van der Waals surface area (Å²) in [5.41, 5.74) is 3.43. The van der Waals surface area contributed by atoms with Crippen molar-refractivity contribution in [3.63, 3.8) is 0 Å². The fraction of sp³-hybridized carbons (Fsp3) is 0.105. The van der Waals surface area contributed by atoms with Gasteiger partial charge in [0, 0.05) is 24.5 Å². The third-order valence-corrected chi connectivity index (χ3v) is 3.50. The highest BCUT2D eigenvalue weighted by molar-refractivity contribution is 6.04. The number of aryl methyl sites for hydroxylation is 1. The van der Waals surface area contributed by atoms with Gasteiger partial charge in [-0.1, -0.05) is 23.8 Å². The van der Waals surface area contributed by atoms with E-state index in [9.17, 15) is 4.79 Å². The van der Waals surface area contributed by atoms with E-state index in [2.05, 4.69) is 20.6 Å². The van der Waals surface area contributed by atoms with E-state index in [0.717, 1.165) is 16.9 Å². The molecule has 3 aromatic rings. The average molecular weight is 318 g/mol. The molecule has 0 spiro atoms. The number of carbonyl (C=O) groups excluding carboxylic acids is 1. The minimum absolute atomic E-state index is 0.142. The monoisotopic (exact) mass is 318 g/mol. The molecule has 1 amide bonds. The lowest BCUT2D eigenvalue weighted by Crippen LogP contribution is -2.12. The molecule has 5 nitrogen and oxygen atoms in total. The van der Waals surface area contributed by atoms with Gasteiger partial charge >= 0.3 is 0 Å². The number of amides is 1. The number of aromatic nitrogens is 2. The van der Waals surface area contributed by atoms with E-state index in [1.807, 2.05) is 55.6 Å². The topological polar surface area (TPSA) is 66.9 Å². The van der Waals surface area contributed by atoms with Gasteiger partial charge in [0.1, 0.15) is 5.82 Å². The Morgan fingerprint density at radius 1 is 1.08 bits per heavy atom. The third kappa shape index (κ3) is 4.16. The Morgan fingerprint density at radius 3 is 2.71 bits per heavy atom. The summed E-state index contributed by atoms with van der Waals surface area (Å²) in [6.07, 6.45) is 5.19. The molecule has 0 fully saturated rings. The molecule has 0 bridgehead atoms. The second kappa shape index (κ2) is 7.37. The SMILES string of the molecule is Cc1cccc(C(=O)Nc2ccc(NCc3cccnc3)nc2)c1. The molecule has 0 aliphatic heterocycles. The highest BCUT2D eigenvalue weighted by Gasteiger charge is 2.06. The Hall–Kier alpha value is -3.21. The molecule has 120 valence electrons. The van der Waals surface area contributed by atoms with Crippen LogP contribution in [-0.2, 0) is 6.54 Å². The summed E-state index contributed by atoms with van der Waals surface area (Å²) >= 11 is 0. The number of nitrogens with zero attached hydrogens (tertiary/aromatic N) is 2. The van der Waals surface area contributed by atoms with Crippen molar-refractivity contribution in [1.82, 2.24) is 9.97 Å². The van der Waals surface area contributed by atoms with Crippen LogP contribution in [-0.4, -0.2) is 15.9 Å². The van der Waals surface area contributed by atoms with Crippen LogP contribution < -0.4 is 10.6 Å². The van der Waals surface area contributed by atoms with E-state index in [-0.39, 0.29) is 5.91 Å². The summed E-state index contributed by atoms with van der Waals surface area (Å²) < 4.78 is 0. The van der Waals surface area contributed by atoms with Gasteiger partial charge in [0.2, 0.25) is 0 Å². The van der Waals surface area contributed by atoms with Crippen LogP contribution in [0.15, 0.2) is 67.1 Å². The zero-order chi connectivity index (χ0) is 16.8. The van der Waals surface area contributed by atoms with Crippen LogP contribution in [0.5, 0.6) is 0 Å². The number of pyridine rings is 2. The van der Waals surface area contributed by atoms with Gasteiger partial charge in [0.05, 0.1) is 11.9 Å². The highest BCUT2D eigenvalue weighted by Crippen LogP contribution is 2.13. The molecule has 0 aliphatic rings. The fourth-order valence-corrected chi connectivity index (χ4v) is 2.26. The molecule has 0 saturated carbocycles. The van der Waals surface area contributed by atoms with Crippen LogP contribution in [0.25, 0.3) is 0 Å². The minimum atomic E-state index is -0.142. The standard InChI is InChI=1S/C19H18N4O/c1-14-4-2-6-16(10-14)19(24)23-17-7-8-18(22-13-17)21-12-15-5-3-9-20-11-15/h2-11,13H,12H2,1H3,(H,21,22)(H,23,24). The fourth-order valence-electron chi connectivity index (χ4n) is 2.26. The quantitative estimate of drug-likeness (QED) is 0.753. The first-order valence-corrected chi connectivity index (χ1v) is 7.67. The highest BCUT2D eigenvalue weighted by atomic mass is 16.1. The van der Waals surface area contributed by atoms with Gasteiger partial charge in [-0.15, -0.1) is 0 Å². The van der Waals surface area contributed by atoms with E-state index in [4.69, 9.17) is 0 Å². The number of carbonyl (C=O) groups is 1. The van der Waals surface area contributed by atoms with Gasteiger partial charge in [-0.3, -0.25) is 9.78 Å². The van der Waals surface area contributed by atoms with Gasteiger partial charge in [-0.05, 0) is 42.8 Å². The first-order valence-electron chi connectivity index (χ1n) is 7.67. The summed E-state index contributed by atoms with van der Waals surface area (Å²) in [7, 11) is 0. The van der Waals surface area contributed by atoms with Gasteiger partial charge in [0.25, 0.3) is 5.91 Å². The second-order valence-corrected chi connectivity index (χ2v) is 5.47. The Morgan fingerprint density at radius 2 is 2.00 bits per heavy atom. The number of anilines is 2. The predicted octanol–water partition coefficient (Wildman–Crippen LogP) is 3.65. The van der Waals surface area contributed by atoms with E-state index >= 15 is 0 Å². The molecule has 0 aliphatic carbocycles. The Bertz CT molecular complexity index is 816. The van der Waals surface area contributed by atoms with Crippen molar-refractivity contribution in [2.45, 2.75) is 13.5 Å². The van der Waals surface area contributed by atoms with E-state index < -0.39 is 0 Å². The van der Waals surface area contributed by atoms with Crippen molar-refractivity contribution in [3.8, 4) is 0 Å². The van der Waals surface area contributed by atoms with E-state index in [1.54, 1.807) is 18.5 Å². The van der Waals surface area contributed by atoms with Crippen molar-refractivity contribution >= 4 is 17.4 Å². The molecule has 2 aromatic heterocycles. The second-order valence-electron chi connectivity index (χ2n) is 5.47. The molecule has 0 radical (unpaired) electrons. The number of hydrogen-bond acceptors (Lipinski definition) is 4. The first-order chi connectivity index (χ1) is 11.7. The van der Waals surface area contributed by atoms with Crippen molar-refractivity contribution < 1.29 is 4.79 Å². The summed E-state index contributed by atoms with van der Waals surface area (Å²) in [5.74, 6) is 0.601. The number of nitrogens with one attached hydrogen (secondary N) is 2. The molecule has 0 atom stereocenters. The van der Waals surface area contributed by atoms with Crippen LogP contribution in [0.3, 0.4) is 0 Å². The van der Waals surface area contributed by atoms with Gasteiger partial charge in [-0.2, -0.15) is 0 Å². The maximum atomic E-state index is 12.2. The predicted molar refractivity (Wildman–Crippen MR) is 94.9 cm³/mol. The van der Waals surface area contributed by atoms with Crippen LogP contribution in [0.2, 0.25) is 0 Å². The van der Waals surface area contributed by atoms with Crippen LogP contribution in [0, 0.1) is 6.92 Å². The number of rotatable bonds is 5. The molecule has 2 heterocycles. The molecule has 2 N–H and O–H groups in total. The van der Waals surface area contributed by atoms with Gasteiger partial charge in [-0.25, -0.2) is 4.98 Å². The number of hydrogen-bond donors (Lipinski definition) is 2. The number of benzene rings is 1. The van der Waals surface area contributed by atoms with E-state index in [1.165, 1.54) is 0 Å². The molecule has 5 heteroatoms. The molecule has 24 heavy (non-hydrogen) atoms. The molecular weight excluding hydrogens is 300 g/mol. The van der Waals surface area contributed by atoms with Crippen molar-refractivity contribution in [2.24, 2.45) is 0 Å². The van der Waals surface area contributed by atoms with Crippen LogP contribution >= 0.6 is 0 Å². The molecule has 0 unspecified atom stereocenters. The normalized spacial score (nSPS) is 10.2. The van der Waals surface area contributed by atoms with Crippen LogP contribution in [0.1, 0.15) is 21.5 Å². The Balaban J connectivity index is 1.59. The molecule has 3 rings (SSSR count). The Kier molecular flexibility index (Phi) is 4.81. The minimum Gasteiger partial charge on any atom is -0.366 e. The van der Waals surface area contributed by atoms with Crippen molar-refractivity contribution in [2.75, 3.05) is 10.6 Å². The van der Waals surface area contributed by atoms with Crippen LogP contribution in [0.4, 0.5) is 11.5 Å². The first kappa shape index (κ1) is 15.7. The lowest BCUT2D eigenvalue weighted by atomic mass is 10.1.